The highest BCUT2D eigenvalue weighted by Gasteiger charge is 2.03. The number of halogens is 1. The molecule has 1 nitrogen and oxygen atoms in total. The number of benzene rings is 1. The first kappa shape index (κ1) is 10.6. The van der Waals surface area contributed by atoms with Crippen molar-refractivity contribution in [2.24, 2.45) is 0 Å². The standard InChI is InChI=1S/C11H15ClO/c1-9-4-2-3-5-10(9)6-7-11(13)8-12/h2-5,11,13H,6-8H2,1H3. The zero-order valence-electron chi connectivity index (χ0n) is 7.83. The third-order valence-corrected chi connectivity index (χ3v) is 2.54. The van der Waals surface area contributed by atoms with E-state index in [4.69, 9.17) is 11.6 Å². The van der Waals surface area contributed by atoms with Crippen molar-refractivity contribution < 1.29 is 5.11 Å². The Morgan fingerprint density at radius 1 is 1.38 bits per heavy atom. The Bertz CT molecular complexity index is 260. The van der Waals surface area contributed by atoms with E-state index < -0.39 is 0 Å². The lowest BCUT2D eigenvalue weighted by Crippen LogP contribution is -2.09. The highest BCUT2D eigenvalue weighted by Crippen LogP contribution is 2.11. The van der Waals surface area contributed by atoms with Crippen LogP contribution in [-0.2, 0) is 6.42 Å². The summed E-state index contributed by atoms with van der Waals surface area (Å²) >= 11 is 5.51. The molecule has 1 N–H and O–H groups in total. The summed E-state index contributed by atoms with van der Waals surface area (Å²) in [5.41, 5.74) is 2.58. The molecule has 0 bridgehead atoms. The molecule has 1 unspecified atom stereocenters. The van der Waals surface area contributed by atoms with E-state index in [1.165, 1.54) is 11.1 Å². The molecule has 2 heteroatoms. The maximum Gasteiger partial charge on any atom is 0.0678 e. The average Bonchev–Trinajstić information content (AvgIpc) is 2.16. The zero-order chi connectivity index (χ0) is 9.68. The van der Waals surface area contributed by atoms with Gasteiger partial charge >= 0.3 is 0 Å². The molecule has 0 fully saturated rings. The Morgan fingerprint density at radius 3 is 2.69 bits per heavy atom. The Morgan fingerprint density at radius 2 is 2.08 bits per heavy atom. The van der Waals surface area contributed by atoms with Gasteiger partial charge < -0.3 is 5.11 Å². The first-order valence-corrected chi connectivity index (χ1v) is 5.06. The molecule has 72 valence electrons. The van der Waals surface area contributed by atoms with Crippen LogP contribution < -0.4 is 0 Å². The van der Waals surface area contributed by atoms with Gasteiger partial charge in [-0.25, -0.2) is 0 Å². The van der Waals surface area contributed by atoms with Gasteiger partial charge in [-0.2, -0.15) is 0 Å². The molecule has 0 radical (unpaired) electrons. The molecule has 13 heavy (non-hydrogen) atoms. The number of alkyl halides is 1. The number of aliphatic hydroxyl groups excluding tert-OH is 1. The van der Waals surface area contributed by atoms with Gasteiger partial charge in [0, 0.05) is 5.88 Å². The van der Waals surface area contributed by atoms with E-state index in [0.717, 1.165) is 12.8 Å². The SMILES string of the molecule is Cc1ccccc1CCC(O)CCl. The van der Waals surface area contributed by atoms with Gasteiger partial charge in [0.2, 0.25) is 0 Å². The second-order valence-electron chi connectivity index (χ2n) is 3.27. The summed E-state index contributed by atoms with van der Waals surface area (Å²) in [6.45, 7) is 2.09. The lowest BCUT2D eigenvalue weighted by molar-refractivity contribution is 0.188. The second kappa shape index (κ2) is 5.25. The first-order valence-electron chi connectivity index (χ1n) is 4.52. The van der Waals surface area contributed by atoms with Crippen molar-refractivity contribution in [3.63, 3.8) is 0 Å². The summed E-state index contributed by atoms with van der Waals surface area (Å²) in [5.74, 6) is 0.325. The largest absolute Gasteiger partial charge is 0.392 e. The summed E-state index contributed by atoms with van der Waals surface area (Å²) in [5, 5.41) is 9.28. The fourth-order valence-corrected chi connectivity index (χ4v) is 1.44. The van der Waals surface area contributed by atoms with E-state index in [1.54, 1.807) is 0 Å². The van der Waals surface area contributed by atoms with Crippen molar-refractivity contribution in [3.8, 4) is 0 Å². The van der Waals surface area contributed by atoms with Crippen LogP contribution in [0.1, 0.15) is 17.5 Å². The molecule has 0 heterocycles. The Hall–Kier alpha value is -0.530. The van der Waals surface area contributed by atoms with Gasteiger partial charge in [-0.15, -0.1) is 11.6 Å². The predicted octanol–water partition coefficient (Wildman–Crippen LogP) is 2.53. The highest BCUT2D eigenvalue weighted by molar-refractivity contribution is 6.18. The molecule has 0 aliphatic carbocycles. The summed E-state index contributed by atoms with van der Waals surface area (Å²) in [4.78, 5) is 0. The van der Waals surface area contributed by atoms with E-state index in [-0.39, 0.29) is 6.10 Å². The smallest absolute Gasteiger partial charge is 0.0678 e. The van der Waals surface area contributed by atoms with Gasteiger partial charge in [0.25, 0.3) is 0 Å². The van der Waals surface area contributed by atoms with E-state index in [1.807, 2.05) is 12.1 Å². The van der Waals surface area contributed by atoms with Gasteiger partial charge in [0.1, 0.15) is 0 Å². The molecule has 0 aromatic heterocycles. The van der Waals surface area contributed by atoms with Crippen LogP contribution in [0.2, 0.25) is 0 Å². The normalized spacial score (nSPS) is 12.8. The van der Waals surface area contributed by atoms with Crippen LogP contribution in [0.25, 0.3) is 0 Å². The summed E-state index contributed by atoms with van der Waals surface area (Å²) in [6.07, 6.45) is 1.27. The van der Waals surface area contributed by atoms with E-state index in [2.05, 4.69) is 19.1 Å². The summed E-state index contributed by atoms with van der Waals surface area (Å²) < 4.78 is 0. The number of aryl methyl sites for hydroxylation is 2. The average molecular weight is 199 g/mol. The van der Waals surface area contributed by atoms with Crippen LogP contribution in [0.3, 0.4) is 0 Å². The minimum absolute atomic E-state index is 0.325. The van der Waals surface area contributed by atoms with E-state index in [0.29, 0.717) is 5.88 Å². The molecule has 1 aromatic carbocycles. The van der Waals surface area contributed by atoms with E-state index in [9.17, 15) is 5.11 Å². The summed E-state index contributed by atoms with van der Waals surface area (Å²) in [7, 11) is 0. The fourth-order valence-electron chi connectivity index (χ4n) is 1.29. The lowest BCUT2D eigenvalue weighted by Gasteiger charge is -2.08. The topological polar surface area (TPSA) is 20.2 Å². The molecule has 1 rings (SSSR count). The molecule has 0 aliphatic rings. The molecular formula is C11H15ClO. The molecule has 0 saturated carbocycles. The maximum atomic E-state index is 9.28. The maximum absolute atomic E-state index is 9.28. The number of rotatable bonds is 4. The number of hydrogen-bond donors (Lipinski definition) is 1. The number of aliphatic hydroxyl groups is 1. The predicted molar refractivity (Wildman–Crippen MR) is 56.2 cm³/mol. The number of hydrogen-bond acceptors (Lipinski definition) is 1. The molecule has 1 atom stereocenters. The molecule has 0 amide bonds. The van der Waals surface area contributed by atoms with Crippen LogP contribution in [-0.4, -0.2) is 17.1 Å². The Labute approximate surface area is 84.4 Å². The third-order valence-electron chi connectivity index (χ3n) is 2.19. The molecule has 1 aromatic rings. The fraction of sp³-hybridized carbons (Fsp3) is 0.455. The van der Waals surface area contributed by atoms with Gasteiger partial charge in [-0.05, 0) is 30.9 Å². The first-order chi connectivity index (χ1) is 6.24. The monoisotopic (exact) mass is 198 g/mol. The van der Waals surface area contributed by atoms with Crippen LogP contribution in [0, 0.1) is 6.92 Å². The van der Waals surface area contributed by atoms with Gasteiger partial charge in [0.05, 0.1) is 6.10 Å². The van der Waals surface area contributed by atoms with Crippen molar-refractivity contribution >= 4 is 11.6 Å². The van der Waals surface area contributed by atoms with Crippen LogP contribution in [0.4, 0.5) is 0 Å². The van der Waals surface area contributed by atoms with Crippen LogP contribution in [0.15, 0.2) is 24.3 Å². The van der Waals surface area contributed by atoms with Crippen molar-refractivity contribution in [3.05, 3.63) is 35.4 Å². The molecule has 0 aliphatic heterocycles. The minimum Gasteiger partial charge on any atom is -0.392 e. The minimum atomic E-state index is -0.374. The van der Waals surface area contributed by atoms with Gasteiger partial charge in [-0.1, -0.05) is 24.3 Å². The molecular weight excluding hydrogens is 184 g/mol. The van der Waals surface area contributed by atoms with Crippen LogP contribution >= 0.6 is 11.6 Å². The van der Waals surface area contributed by atoms with Crippen molar-refractivity contribution in [2.45, 2.75) is 25.9 Å². The van der Waals surface area contributed by atoms with E-state index >= 15 is 0 Å². The summed E-state index contributed by atoms with van der Waals surface area (Å²) in [6, 6.07) is 8.23. The zero-order valence-corrected chi connectivity index (χ0v) is 8.59. The second-order valence-corrected chi connectivity index (χ2v) is 3.58. The van der Waals surface area contributed by atoms with Crippen molar-refractivity contribution in [1.29, 1.82) is 0 Å². The van der Waals surface area contributed by atoms with Crippen molar-refractivity contribution in [2.75, 3.05) is 5.88 Å². The Kier molecular flexibility index (Phi) is 4.26. The lowest BCUT2D eigenvalue weighted by atomic mass is 10.0. The third kappa shape index (κ3) is 3.37. The highest BCUT2D eigenvalue weighted by atomic mass is 35.5. The molecule has 0 saturated heterocycles. The van der Waals surface area contributed by atoms with Crippen molar-refractivity contribution in [1.82, 2.24) is 0 Å². The Balaban J connectivity index is 2.50. The van der Waals surface area contributed by atoms with Gasteiger partial charge in [-0.3, -0.25) is 0 Å². The van der Waals surface area contributed by atoms with Gasteiger partial charge in [0.15, 0.2) is 0 Å². The van der Waals surface area contributed by atoms with Crippen LogP contribution in [0.5, 0.6) is 0 Å². The molecule has 0 spiro atoms. The quantitative estimate of drug-likeness (QED) is 0.738.